The second-order valence-electron chi connectivity index (χ2n) is 4.00. The van der Waals surface area contributed by atoms with Gasteiger partial charge >= 0.3 is 0 Å². The van der Waals surface area contributed by atoms with Crippen molar-refractivity contribution >= 4 is 106 Å². The minimum absolute atomic E-state index is 0.492. The van der Waals surface area contributed by atoms with E-state index in [0.29, 0.717) is 0 Å². The quantitative estimate of drug-likeness (QED) is 0.260. The van der Waals surface area contributed by atoms with Gasteiger partial charge in [-0.1, -0.05) is 126 Å². The van der Waals surface area contributed by atoms with Gasteiger partial charge in [0.2, 0.25) is 0 Å². The molecule has 6 heteroatoms. The lowest BCUT2D eigenvalue weighted by atomic mass is 9.98. The van der Waals surface area contributed by atoms with Gasteiger partial charge in [0.1, 0.15) is 0 Å². The summed E-state index contributed by atoms with van der Waals surface area (Å²) in [5, 5.41) is 2.25. The molecule has 19 heavy (non-hydrogen) atoms. The van der Waals surface area contributed by atoms with Crippen molar-refractivity contribution in [3.63, 3.8) is 0 Å². The smallest absolute Gasteiger partial charge is 0.0613 e. The lowest BCUT2D eigenvalue weighted by Crippen LogP contribution is -2.10. The van der Waals surface area contributed by atoms with Gasteiger partial charge in [0, 0.05) is 5.56 Å². The maximum absolute atomic E-state index is 4.08. The van der Waals surface area contributed by atoms with Crippen LogP contribution < -0.4 is 0 Å². The fourth-order valence-corrected chi connectivity index (χ4v) is 4.24. The molecule has 0 spiro atoms. The summed E-state index contributed by atoms with van der Waals surface area (Å²) in [7, 11) is 0. The first-order valence-electron chi connectivity index (χ1n) is 5.14. The molecule has 2 aromatic carbocycles. The van der Waals surface area contributed by atoms with Crippen molar-refractivity contribution in [1.82, 2.24) is 0 Å². The molecular weight excluding hydrogens is 636 g/mol. The van der Waals surface area contributed by atoms with Crippen molar-refractivity contribution in [3.8, 4) is 0 Å². The maximum Gasteiger partial charge on any atom is 0.160 e. The highest BCUT2D eigenvalue weighted by molar-refractivity contribution is 9.39. The summed E-state index contributed by atoms with van der Waals surface area (Å²) in [6.45, 7) is 4.08. The van der Waals surface area contributed by atoms with E-state index in [9.17, 15) is 0 Å². The van der Waals surface area contributed by atoms with E-state index < -0.39 is 4.29 Å². The largest absolute Gasteiger partial charge is 0.160 e. The Balaban J connectivity index is 2.94. The summed E-state index contributed by atoms with van der Waals surface area (Å²) < 4.78 is -1.01. The molecule has 0 saturated heterocycles. The van der Waals surface area contributed by atoms with Crippen LogP contribution in [0.5, 0.6) is 0 Å². The normalized spacial score (nSPS) is 13.0. The molecule has 101 valence electrons. The summed E-state index contributed by atoms with van der Waals surface area (Å²) in [5.41, 5.74) is 3.13. The van der Waals surface area contributed by atoms with E-state index in [2.05, 4.69) is 121 Å². The van der Waals surface area contributed by atoms with Gasteiger partial charge in [-0.05, 0) is 28.8 Å². The molecule has 0 aromatic heterocycles. The molecule has 0 saturated carbocycles. The van der Waals surface area contributed by atoms with Crippen LogP contribution in [0.3, 0.4) is 0 Å². The first-order valence-corrected chi connectivity index (χ1v) is 9.90. The minimum atomic E-state index is -0.518. The number of alkyl halides is 6. The Hall–Kier alpha value is 1.58. The molecule has 1 radical (unpaired) electrons. The van der Waals surface area contributed by atoms with E-state index in [1.165, 1.54) is 0 Å². The van der Waals surface area contributed by atoms with E-state index in [0.717, 1.165) is 27.5 Å². The molecule has 0 aliphatic rings. The second kappa shape index (κ2) is 5.99. The van der Waals surface area contributed by atoms with Gasteiger partial charge in [-0.15, -0.1) is 0 Å². The number of fused-ring (bicyclic) bond motifs is 1. The molecule has 0 atom stereocenters. The summed E-state index contributed by atoms with van der Waals surface area (Å²) in [5.74, 6) is 0. The summed E-state index contributed by atoms with van der Waals surface area (Å²) in [6.07, 6.45) is 0. The molecule has 0 amide bonds. The van der Waals surface area contributed by atoms with Crippen LogP contribution in [0.25, 0.3) is 10.8 Å². The van der Waals surface area contributed by atoms with Crippen molar-refractivity contribution in [2.75, 3.05) is 0 Å². The third-order valence-electron chi connectivity index (χ3n) is 2.74. The lowest BCUT2D eigenvalue weighted by molar-refractivity contribution is 1.26. The molecular formula is C13H7Br6. The van der Waals surface area contributed by atoms with Crippen LogP contribution in [0.15, 0.2) is 30.3 Å². The Kier molecular flexibility index (Phi) is 5.35. The topological polar surface area (TPSA) is 0 Å². The van der Waals surface area contributed by atoms with Crippen LogP contribution in [0.4, 0.5) is 0 Å². The van der Waals surface area contributed by atoms with Gasteiger partial charge in [0.05, 0.1) is 0 Å². The van der Waals surface area contributed by atoms with Crippen LogP contribution >= 0.6 is 95.6 Å². The highest BCUT2D eigenvalue weighted by atomic mass is 80.0. The Bertz CT molecular complexity index is 621. The number of hydrogen-bond acceptors (Lipinski definition) is 0. The average molecular weight is 643 g/mol. The van der Waals surface area contributed by atoms with Crippen molar-refractivity contribution < 1.29 is 0 Å². The monoisotopic (exact) mass is 637 g/mol. The van der Waals surface area contributed by atoms with E-state index in [-0.39, 0.29) is 0 Å². The van der Waals surface area contributed by atoms with E-state index >= 15 is 0 Å². The molecule has 0 bridgehead atoms. The zero-order valence-electron chi connectivity index (χ0n) is 9.36. The molecule has 0 aliphatic carbocycles. The molecule has 2 aromatic rings. The summed E-state index contributed by atoms with van der Waals surface area (Å²) in [4.78, 5) is 0. The fraction of sp³-hybridized carbons (Fsp3) is 0.154. The van der Waals surface area contributed by atoms with Crippen molar-refractivity contribution in [1.29, 1.82) is 0 Å². The predicted octanol–water partition coefficient (Wildman–Crippen LogP) is 7.61. The summed E-state index contributed by atoms with van der Waals surface area (Å²) >= 11 is 21.6. The first kappa shape index (κ1) is 16.9. The Morgan fingerprint density at radius 2 is 1.37 bits per heavy atom. The lowest BCUT2D eigenvalue weighted by Gasteiger charge is -2.25. The third kappa shape index (κ3) is 3.67. The molecule has 0 fully saturated rings. The maximum atomic E-state index is 4.08. The Labute approximate surface area is 162 Å². The predicted molar refractivity (Wildman–Crippen MR) is 105 cm³/mol. The van der Waals surface area contributed by atoms with Crippen LogP contribution in [-0.4, -0.2) is 0 Å². The SMILES string of the molecule is [CH2]c1cccc2c(C(Br)(Br)Br)c(C(Br)(Br)Br)ccc12. The van der Waals surface area contributed by atoms with Gasteiger partial charge in [0.25, 0.3) is 0 Å². The van der Waals surface area contributed by atoms with Crippen molar-refractivity contribution in [3.05, 3.63) is 53.9 Å². The van der Waals surface area contributed by atoms with Gasteiger partial charge in [0.15, 0.2) is 4.29 Å². The second-order valence-corrected chi connectivity index (χ2v) is 17.5. The fourth-order valence-electron chi connectivity index (χ4n) is 1.96. The Morgan fingerprint density at radius 1 is 0.737 bits per heavy atom. The van der Waals surface area contributed by atoms with Crippen LogP contribution in [0.1, 0.15) is 16.7 Å². The highest BCUT2D eigenvalue weighted by Crippen LogP contribution is 2.55. The van der Waals surface area contributed by atoms with Gasteiger partial charge < -0.3 is 0 Å². The van der Waals surface area contributed by atoms with Crippen molar-refractivity contribution in [2.45, 2.75) is 4.29 Å². The Morgan fingerprint density at radius 3 is 1.89 bits per heavy atom. The minimum Gasteiger partial charge on any atom is -0.0613 e. The van der Waals surface area contributed by atoms with Crippen LogP contribution in [0.2, 0.25) is 0 Å². The molecule has 2 rings (SSSR count). The van der Waals surface area contributed by atoms with Gasteiger partial charge in [-0.25, -0.2) is 0 Å². The van der Waals surface area contributed by atoms with Gasteiger partial charge in [-0.2, -0.15) is 0 Å². The molecule has 0 nitrogen and oxygen atoms in total. The zero-order valence-corrected chi connectivity index (χ0v) is 18.9. The molecule has 0 aliphatic heterocycles. The third-order valence-corrected chi connectivity index (χ3v) is 5.21. The highest BCUT2D eigenvalue weighted by Gasteiger charge is 2.34. The first-order chi connectivity index (χ1) is 8.62. The van der Waals surface area contributed by atoms with E-state index in [1.54, 1.807) is 0 Å². The van der Waals surface area contributed by atoms with Crippen molar-refractivity contribution in [2.24, 2.45) is 0 Å². The number of rotatable bonds is 0. The average Bonchev–Trinajstić information content (AvgIpc) is 2.25. The van der Waals surface area contributed by atoms with E-state index in [4.69, 9.17) is 0 Å². The van der Waals surface area contributed by atoms with Crippen LogP contribution in [0, 0.1) is 6.92 Å². The molecule has 0 N–H and O–H groups in total. The van der Waals surface area contributed by atoms with Gasteiger partial charge in [-0.3, -0.25) is 0 Å². The molecule has 0 heterocycles. The standard InChI is InChI=1S/C13H7Br6/c1-7-3-2-4-9-8(7)5-6-10(12(14,15)16)11(9)13(17,18)19/h2-6H,1H2. The number of hydrogen-bond donors (Lipinski definition) is 0. The zero-order chi connectivity index (χ0) is 14.4. The molecule has 0 unspecified atom stereocenters. The number of benzene rings is 2. The van der Waals surface area contributed by atoms with E-state index in [1.807, 2.05) is 12.1 Å². The van der Waals surface area contributed by atoms with Crippen LogP contribution in [-0.2, 0) is 4.29 Å². The summed E-state index contributed by atoms with van der Waals surface area (Å²) in [6, 6.07) is 10.2. The number of halogens is 6.